The molecule has 1 fully saturated rings. The van der Waals surface area contributed by atoms with Crippen molar-refractivity contribution in [2.45, 2.75) is 24.7 Å². The van der Waals surface area contributed by atoms with Crippen LogP contribution in [0.1, 0.15) is 28.8 Å². The number of hydrogen-bond donors (Lipinski definition) is 2. The number of carbonyl (C=O) groups excluding carboxylic acids is 1. The molecule has 7 nitrogen and oxygen atoms in total. The molecule has 0 aliphatic carbocycles. The highest BCUT2D eigenvalue weighted by molar-refractivity contribution is 9.10. The molecule has 140 valence electrons. The summed E-state index contributed by atoms with van der Waals surface area (Å²) in [5.41, 5.74) is 0.670. The molecule has 1 saturated heterocycles. The molecular formula is C16H24BrN3O4S. The Labute approximate surface area is 157 Å². The molecule has 0 bridgehead atoms. The zero-order valence-corrected chi connectivity index (χ0v) is 16.7. The van der Waals surface area contributed by atoms with E-state index in [1.165, 1.54) is 6.07 Å². The van der Waals surface area contributed by atoms with Crippen molar-refractivity contribution in [3.8, 4) is 0 Å². The van der Waals surface area contributed by atoms with Gasteiger partial charge in [0.25, 0.3) is 5.91 Å². The minimum Gasteiger partial charge on any atom is -0.379 e. The number of rotatable bonds is 7. The van der Waals surface area contributed by atoms with E-state index in [2.05, 4.69) is 26.1 Å². The van der Waals surface area contributed by atoms with E-state index in [0.717, 1.165) is 45.7 Å². The maximum atomic E-state index is 12.4. The number of primary sulfonamides is 1. The molecule has 0 saturated carbocycles. The first-order valence-electron chi connectivity index (χ1n) is 8.20. The van der Waals surface area contributed by atoms with Crippen LogP contribution in [0.3, 0.4) is 0 Å². The third-order valence-corrected chi connectivity index (χ3v) is 5.66. The Morgan fingerprint density at radius 3 is 2.64 bits per heavy atom. The van der Waals surface area contributed by atoms with Gasteiger partial charge in [0.1, 0.15) is 0 Å². The zero-order valence-electron chi connectivity index (χ0n) is 14.3. The molecule has 1 amide bonds. The molecule has 0 spiro atoms. The third kappa shape index (κ3) is 6.03. The predicted octanol–water partition coefficient (Wildman–Crippen LogP) is 1.25. The van der Waals surface area contributed by atoms with Gasteiger partial charge in [0.15, 0.2) is 0 Å². The minimum atomic E-state index is -3.88. The highest BCUT2D eigenvalue weighted by Crippen LogP contribution is 2.24. The number of amides is 1. The number of nitrogens with zero attached hydrogens (tertiary/aromatic N) is 1. The lowest BCUT2D eigenvalue weighted by Crippen LogP contribution is -2.37. The van der Waals surface area contributed by atoms with Crippen LogP contribution in [-0.2, 0) is 14.8 Å². The number of sulfonamides is 1. The van der Waals surface area contributed by atoms with Crippen molar-refractivity contribution < 1.29 is 17.9 Å². The van der Waals surface area contributed by atoms with Crippen molar-refractivity contribution in [2.24, 2.45) is 5.14 Å². The van der Waals surface area contributed by atoms with E-state index < -0.39 is 10.0 Å². The Balaban J connectivity index is 1.87. The van der Waals surface area contributed by atoms with E-state index in [-0.39, 0.29) is 10.8 Å². The lowest BCUT2D eigenvalue weighted by molar-refractivity contribution is 0.0372. The van der Waals surface area contributed by atoms with Crippen LogP contribution in [0.25, 0.3) is 0 Å². The normalized spacial score (nSPS) is 16.0. The summed E-state index contributed by atoms with van der Waals surface area (Å²) in [4.78, 5) is 14.7. The number of nitrogens with two attached hydrogens (primary N) is 1. The number of carbonyl (C=O) groups is 1. The fraction of sp³-hybridized carbons (Fsp3) is 0.562. The number of morpholine rings is 1. The first-order valence-corrected chi connectivity index (χ1v) is 10.5. The number of hydrogen-bond acceptors (Lipinski definition) is 5. The van der Waals surface area contributed by atoms with E-state index >= 15 is 0 Å². The van der Waals surface area contributed by atoms with Gasteiger partial charge in [-0.05, 0) is 44.0 Å². The highest BCUT2D eigenvalue weighted by Gasteiger charge is 2.19. The molecule has 9 heteroatoms. The van der Waals surface area contributed by atoms with Gasteiger partial charge >= 0.3 is 0 Å². The van der Waals surface area contributed by atoms with Crippen LogP contribution in [0.15, 0.2) is 21.5 Å². The van der Waals surface area contributed by atoms with Crippen molar-refractivity contribution in [3.05, 3.63) is 27.7 Å². The maximum Gasteiger partial charge on any atom is 0.251 e. The quantitative estimate of drug-likeness (QED) is 0.629. The molecule has 1 aromatic rings. The summed E-state index contributed by atoms with van der Waals surface area (Å²) in [6.07, 6.45) is 1.85. The Bertz CT molecular complexity index is 718. The smallest absolute Gasteiger partial charge is 0.251 e. The summed E-state index contributed by atoms with van der Waals surface area (Å²) in [6.45, 7) is 6.60. The molecule has 0 radical (unpaired) electrons. The Morgan fingerprint density at radius 1 is 1.32 bits per heavy atom. The van der Waals surface area contributed by atoms with Gasteiger partial charge in [-0.15, -0.1) is 0 Å². The second-order valence-corrected chi connectivity index (χ2v) is 8.48. The molecule has 0 unspecified atom stereocenters. The van der Waals surface area contributed by atoms with Crippen LogP contribution >= 0.6 is 15.9 Å². The van der Waals surface area contributed by atoms with Crippen LogP contribution in [0, 0.1) is 6.92 Å². The second kappa shape index (κ2) is 9.09. The summed E-state index contributed by atoms with van der Waals surface area (Å²) < 4.78 is 29.1. The molecular weight excluding hydrogens is 410 g/mol. The Morgan fingerprint density at radius 2 is 2.00 bits per heavy atom. The SMILES string of the molecule is Cc1c(C(=O)NCCCCN2CCOCC2)cc(Br)cc1S(N)(=O)=O. The van der Waals surface area contributed by atoms with Gasteiger partial charge in [0.2, 0.25) is 10.0 Å². The average Bonchev–Trinajstić information content (AvgIpc) is 2.56. The largest absolute Gasteiger partial charge is 0.379 e. The van der Waals surface area contributed by atoms with Crippen molar-refractivity contribution in [3.63, 3.8) is 0 Å². The zero-order chi connectivity index (χ0) is 18.4. The van der Waals surface area contributed by atoms with Crippen molar-refractivity contribution >= 4 is 31.9 Å². The molecule has 1 heterocycles. The fourth-order valence-electron chi connectivity index (χ4n) is 2.77. The number of halogens is 1. The van der Waals surface area contributed by atoms with E-state index in [9.17, 15) is 13.2 Å². The number of benzene rings is 1. The highest BCUT2D eigenvalue weighted by atomic mass is 79.9. The fourth-order valence-corrected chi connectivity index (χ4v) is 4.21. The van der Waals surface area contributed by atoms with Gasteiger partial charge in [-0.25, -0.2) is 13.6 Å². The molecule has 2 rings (SSSR count). The summed E-state index contributed by atoms with van der Waals surface area (Å²) >= 11 is 3.23. The first kappa shape index (κ1) is 20.3. The first-order chi connectivity index (χ1) is 11.8. The lowest BCUT2D eigenvalue weighted by atomic mass is 10.1. The molecule has 25 heavy (non-hydrogen) atoms. The van der Waals surface area contributed by atoms with E-state index in [0.29, 0.717) is 22.1 Å². The lowest BCUT2D eigenvalue weighted by Gasteiger charge is -2.26. The standard InChI is InChI=1S/C16H24BrN3O4S/c1-12-14(10-13(17)11-15(12)25(18,22)23)16(21)19-4-2-3-5-20-6-8-24-9-7-20/h10-11H,2-9H2,1H3,(H,19,21)(H2,18,22,23). The minimum absolute atomic E-state index is 0.0423. The number of nitrogens with one attached hydrogen (secondary N) is 1. The molecule has 1 aliphatic rings. The van der Waals surface area contributed by atoms with Crippen LogP contribution in [-0.4, -0.2) is 58.6 Å². The van der Waals surface area contributed by atoms with Crippen molar-refractivity contribution in [1.82, 2.24) is 10.2 Å². The summed E-state index contributed by atoms with van der Waals surface area (Å²) in [7, 11) is -3.88. The van der Waals surface area contributed by atoms with Crippen LogP contribution in [0.5, 0.6) is 0 Å². The third-order valence-electron chi connectivity index (χ3n) is 4.17. The molecule has 1 aliphatic heterocycles. The van der Waals surface area contributed by atoms with Gasteiger partial charge in [-0.2, -0.15) is 0 Å². The monoisotopic (exact) mass is 433 g/mol. The Hall–Kier alpha value is -1.00. The maximum absolute atomic E-state index is 12.4. The summed E-state index contributed by atoms with van der Waals surface area (Å²) in [6, 6.07) is 3.01. The van der Waals surface area contributed by atoms with Gasteiger partial charge < -0.3 is 10.1 Å². The predicted molar refractivity (Wildman–Crippen MR) is 99.1 cm³/mol. The van der Waals surface area contributed by atoms with E-state index in [4.69, 9.17) is 9.88 Å². The van der Waals surface area contributed by atoms with Gasteiger partial charge in [-0.1, -0.05) is 15.9 Å². The average molecular weight is 434 g/mol. The molecule has 0 aromatic heterocycles. The number of unbranched alkanes of at least 4 members (excludes halogenated alkanes) is 1. The molecule has 0 atom stereocenters. The van der Waals surface area contributed by atoms with Crippen LogP contribution < -0.4 is 10.5 Å². The van der Waals surface area contributed by atoms with Crippen molar-refractivity contribution in [1.29, 1.82) is 0 Å². The number of ether oxygens (including phenoxy) is 1. The molecule has 3 N–H and O–H groups in total. The molecule has 1 aromatic carbocycles. The summed E-state index contributed by atoms with van der Waals surface area (Å²) in [5, 5.41) is 8.06. The second-order valence-electron chi connectivity index (χ2n) is 6.04. The summed E-state index contributed by atoms with van der Waals surface area (Å²) in [5.74, 6) is -0.296. The Kier molecular flexibility index (Phi) is 7.38. The van der Waals surface area contributed by atoms with E-state index in [1.807, 2.05) is 0 Å². The van der Waals surface area contributed by atoms with Gasteiger partial charge in [0.05, 0.1) is 18.1 Å². The van der Waals surface area contributed by atoms with E-state index in [1.54, 1.807) is 13.0 Å². The van der Waals surface area contributed by atoms with Gasteiger partial charge in [0, 0.05) is 29.7 Å². The topological polar surface area (TPSA) is 102 Å². The van der Waals surface area contributed by atoms with Crippen molar-refractivity contribution in [2.75, 3.05) is 39.4 Å². The van der Waals surface area contributed by atoms with Crippen LogP contribution in [0.2, 0.25) is 0 Å². The van der Waals surface area contributed by atoms with Crippen LogP contribution in [0.4, 0.5) is 0 Å². The van der Waals surface area contributed by atoms with Gasteiger partial charge in [-0.3, -0.25) is 9.69 Å².